The van der Waals surface area contributed by atoms with Crippen LogP contribution in [0.15, 0.2) is 102 Å². The molecule has 38 heteroatoms. The van der Waals surface area contributed by atoms with Crippen molar-refractivity contribution in [3.63, 3.8) is 0 Å². The zero-order valence-corrected chi connectivity index (χ0v) is 89.5. The number of alkyl halides is 3. The zero-order valence-electron chi connectivity index (χ0n) is 86.4. The number of hydrogen-bond donors (Lipinski definition) is 8. The molecule has 0 saturated carbocycles. The van der Waals surface area contributed by atoms with Crippen molar-refractivity contribution in [3.05, 3.63) is 140 Å². The molecular formula is C106H154BrCl2F3N28O4. The summed E-state index contributed by atoms with van der Waals surface area (Å²) in [6.07, 6.45) is 18.0. The second kappa shape index (κ2) is 55.8. The summed E-state index contributed by atoms with van der Waals surface area (Å²) in [5.41, 5.74) is 12.7. The summed E-state index contributed by atoms with van der Waals surface area (Å²) in [5, 5.41) is 27.2. The van der Waals surface area contributed by atoms with Gasteiger partial charge in [0.15, 0.2) is 0 Å². The predicted molar refractivity (Wildman–Crippen MR) is 584 cm³/mol. The van der Waals surface area contributed by atoms with Gasteiger partial charge in [-0.1, -0.05) is 78.6 Å². The van der Waals surface area contributed by atoms with Gasteiger partial charge in [0, 0.05) is 260 Å². The Morgan fingerprint density at radius 2 is 0.674 bits per heavy atom. The molecule has 784 valence electrons. The van der Waals surface area contributed by atoms with Gasteiger partial charge in [-0.15, -0.1) is 0 Å². The second-order valence-corrected chi connectivity index (χ2v) is 40.8. The van der Waals surface area contributed by atoms with Gasteiger partial charge >= 0.3 is 6.18 Å². The Labute approximate surface area is 869 Å². The maximum absolute atomic E-state index is 13.7. The van der Waals surface area contributed by atoms with Crippen LogP contribution in [0.2, 0.25) is 10.0 Å². The number of nitrogens with zero attached hydrogens (tertiary/aromatic N) is 20. The monoisotopic (exact) mass is 2090 g/mol. The molecule has 8 fully saturated rings. The average molecular weight is 2090 g/mol. The smallest absolute Gasteiger partial charge is 0.370 e. The minimum atomic E-state index is -4.58. The molecule has 8 aromatic rings. The number of aryl methyl sites for hydroxylation is 2. The lowest BCUT2D eigenvalue weighted by Crippen LogP contribution is -2.46. The number of rotatable bonds is 38. The molecule has 0 atom stereocenters. The van der Waals surface area contributed by atoms with Gasteiger partial charge < -0.3 is 101 Å². The van der Waals surface area contributed by atoms with Crippen LogP contribution in [0.25, 0.3) is 0 Å². The Balaban J connectivity index is 0.000000161. The third kappa shape index (κ3) is 32.9. The Bertz CT molecular complexity index is 5270. The van der Waals surface area contributed by atoms with Crippen molar-refractivity contribution in [1.82, 2.24) is 79.1 Å². The van der Waals surface area contributed by atoms with E-state index in [4.69, 9.17) is 28.2 Å². The van der Waals surface area contributed by atoms with Crippen LogP contribution in [0.4, 0.5) is 106 Å². The van der Waals surface area contributed by atoms with Gasteiger partial charge in [-0.2, -0.15) is 33.1 Å². The van der Waals surface area contributed by atoms with Crippen molar-refractivity contribution in [2.75, 3.05) is 273 Å². The average Bonchev–Trinajstić information content (AvgIpc) is 0.920. The SMILES string of the molecule is CCN1CCN(c2ccc(Nc3ncc(Br)c(NCCCN4CCCCC4=O)n3)c(C(C)C)c2)CC1.CCN1CCN(c2ccc(Nc3ncc(Cl)c(NCCCN4CCCCC4=O)n3)c(C(C)C)c2)CC1.CCc1cc(N2CCCN(C)CC2)ccc1Nc1ncc(C(F)(F)F)c(NCCCN2CCCCC2=O)n1.CCc1cc(N2CCN(C)CC2)ccc1Nc1ncc(Cl)c(NCCCN2CCCCC2=O)n1. The number of likely N-dealkylation sites (tertiary alicyclic amines) is 4. The van der Waals surface area contributed by atoms with Crippen LogP contribution in [-0.4, -0.2) is 313 Å². The molecule has 0 aliphatic carbocycles. The van der Waals surface area contributed by atoms with Crippen LogP contribution in [0, 0.1) is 0 Å². The number of carbonyl (C=O) groups excluding carboxylic acids is 4. The fraction of sp³-hybridized carbons (Fsp3) is 0.585. The standard InChI is InChI=1S/C27H40BrN7O.C27H40ClN7O.C27H38F3N7O.C25H36ClN7O/c2*1-4-33-14-16-34(17-15-33)21-9-10-24(22(18-21)20(2)3)31-27-30-19-23(28)26(32-27)29-11-7-13-35-12-6-5-8-25(35)36;1-3-20-18-21(36-15-7-12-35(2)16-17-36)9-10-23(20)33-26-32-19-22(27(28,29)30)25(34-26)31-11-6-14-37-13-5-4-8-24(37)38;1-3-19-17-20(32-15-13-31(2)14-16-32)8-9-22(19)29-25-28-18-21(26)24(30-25)27-10-6-12-33-11-5-4-7-23(33)34/h2*9-10,18-20H,4-8,11-17H2,1-3H3,(H2,29,30,31,32);9-10,18-19H,3-8,11-17H2,1-2H3,(H2,31,32,33,34);8-9,17-18H,3-7,10-16H2,1-2H3,(H2,27,28,29,30). The number of piperazine rings is 3. The Morgan fingerprint density at radius 1 is 0.361 bits per heavy atom. The van der Waals surface area contributed by atoms with Gasteiger partial charge in [0.05, 0.1) is 16.9 Å². The first-order valence-electron chi connectivity index (χ1n) is 52.7. The van der Waals surface area contributed by atoms with Gasteiger partial charge in [-0.25, -0.2) is 19.9 Å². The molecule has 32 nitrogen and oxygen atoms in total. The Kier molecular flexibility index (Phi) is 42.8. The number of anilines is 16. The van der Waals surface area contributed by atoms with Crippen molar-refractivity contribution >= 4 is 155 Å². The summed E-state index contributed by atoms with van der Waals surface area (Å²) in [6, 6.07) is 26.0. The lowest BCUT2D eigenvalue weighted by Gasteiger charge is -2.36. The van der Waals surface area contributed by atoms with Crippen LogP contribution < -0.4 is 62.1 Å². The maximum atomic E-state index is 13.7. The maximum Gasteiger partial charge on any atom is 0.421 e. The summed E-state index contributed by atoms with van der Waals surface area (Å²) in [7, 11) is 4.31. The lowest BCUT2D eigenvalue weighted by molar-refractivity contribution is -0.137. The molecule has 8 N–H and O–H groups in total. The third-order valence-corrected chi connectivity index (χ3v) is 29.3. The van der Waals surface area contributed by atoms with E-state index in [2.05, 4.69) is 256 Å². The third-order valence-electron chi connectivity index (χ3n) is 28.2. The van der Waals surface area contributed by atoms with E-state index >= 15 is 0 Å². The van der Waals surface area contributed by atoms with E-state index in [1.165, 1.54) is 33.8 Å². The van der Waals surface area contributed by atoms with Crippen LogP contribution >= 0.6 is 39.1 Å². The molecule has 8 saturated heterocycles. The number of hydrogen-bond acceptors (Lipinski definition) is 28. The van der Waals surface area contributed by atoms with Crippen molar-refractivity contribution in [1.29, 1.82) is 0 Å². The van der Waals surface area contributed by atoms with Gasteiger partial charge in [-0.05, 0) is 253 Å². The normalized spacial score (nSPS) is 17.2. The molecule has 0 spiro atoms. The van der Waals surface area contributed by atoms with Gasteiger partial charge in [-0.3, -0.25) is 19.2 Å². The number of piperidine rings is 4. The van der Waals surface area contributed by atoms with Gasteiger partial charge in [0.1, 0.15) is 38.9 Å². The molecule has 4 amide bonds. The number of amides is 4. The molecule has 0 bridgehead atoms. The quantitative estimate of drug-likeness (QED) is 0.0167. The summed E-state index contributed by atoms with van der Waals surface area (Å²) in [6.45, 7) is 45.3. The molecule has 16 rings (SSSR count). The summed E-state index contributed by atoms with van der Waals surface area (Å²) >= 11 is 16.3. The predicted octanol–water partition coefficient (Wildman–Crippen LogP) is 18.8. The van der Waals surface area contributed by atoms with Crippen molar-refractivity contribution < 1.29 is 32.3 Å². The number of aromatic nitrogens is 8. The number of carbonyl (C=O) groups is 4. The van der Waals surface area contributed by atoms with Crippen molar-refractivity contribution in [2.24, 2.45) is 0 Å². The fourth-order valence-electron chi connectivity index (χ4n) is 19.3. The summed E-state index contributed by atoms with van der Waals surface area (Å²) in [5.74, 6) is 5.06. The number of likely N-dealkylation sites (N-methyl/N-ethyl adjacent to an activating group) is 4. The van der Waals surface area contributed by atoms with E-state index in [1.54, 1.807) is 23.5 Å². The highest BCUT2D eigenvalue weighted by Crippen LogP contribution is 2.39. The van der Waals surface area contributed by atoms with E-state index in [-0.39, 0.29) is 41.9 Å². The number of halogens is 6. The number of benzene rings is 4. The Hall–Kier alpha value is -10.6. The summed E-state index contributed by atoms with van der Waals surface area (Å²) in [4.78, 5) is 110. The molecule has 8 aliphatic rings. The van der Waals surface area contributed by atoms with Crippen LogP contribution in [0.3, 0.4) is 0 Å². The molecule has 12 heterocycles. The van der Waals surface area contributed by atoms with E-state index in [9.17, 15) is 32.3 Å². The van der Waals surface area contributed by atoms with Crippen molar-refractivity contribution in [2.45, 2.75) is 195 Å². The largest absolute Gasteiger partial charge is 0.421 e. The molecular weight excluding hydrogens is 1940 g/mol. The minimum absolute atomic E-state index is 0.102. The first-order valence-corrected chi connectivity index (χ1v) is 54.2. The molecule has 0 radical (unpaired) electrons. The highest BCUT2D eigenvalue weighted by atomic mass is 79.9. The lowest BCUT2D eigenvalue weighted by atomic mass is 9.99. The van der Waals surface area contributed by atoms with E-state index in [1.807, 2.05) is 33.8 Å². The minimum Gasteiger partial charge on any atom is -0.370 e. The second-order valence-electron chi connectivity index (χ2n) is 39.1. The van der Waals surface area contributed by atoms with Gasteiger partial charge in [0.2, 0.25) is 47.4 Å². The van der Waals surface area contributed by atoms with E-state index in [0.717, 1.165) is 304 Å². The molecule has 4 aromatic heterocycles. The highest BCUT2D eigenvalue weighted by molar-refractivity contribution is 9.10. The molecule has 0 unspecified atom stereocenters. The van der Waals surface area contributed by atoms with Crippen molar-refractivity contribution in [3.8, 4) is 0 Å². The summed E-state index contributed by atoms with van der Waals surface area (Å²) < 4.78 is 41.8. The van der Waals surface area contributed by atoms with E-state index in [0.29, 0.717) is 110 Å². The van der Waals surface area contributed by atoms with Crippen LogP contribution in [-0.2, 0) is 38.2 Å². The topological polar surface area (TPSA) is 307 Å². The van der Waals surface area contributed by atoms with Crippen LogP contribution in [0.5, 0.6) is 0 Å². The highest BCUT2D eigenvalue weighted by Gasteiger charge is 2.36. The zero-order chi connectivity index (χ0) is 102. The first-order chi connectivity index (χ1) is 69.6. The fourth-order valence-corrected chi connectivity index (χ4v) is 19.9. The van der Waals surface area contributed by atoms with E-state index < -0.39 is 11.7 Å². The molecule has 8 aliphatic heterocycles. The molecule has 4 aromatic carbocycles. The van der Waals surface area contributed by atoms with Crippen LogP contribution in [0.1, 0.15) is 204 Å². The number of nitrogens with one attached hydrogen (secondary N) is 8. The first kappa shape index (κ1) is 111. The van der Waals surface area contributed by atoms with Gasteiger partial charge in [0.25, 0.3) is 0 Å². The molecule has 144 heavy (non-hydrogen) atoms. The Morgan fingerprint density at radius 3 is 1.03 bits per heavy atom.